The number of carbonyl (C=O) groups excluding carboxylic acids is 1. The van der Waals surface area contributed by atoms with Crippen molar-refractivity contribution in [2.24, 2.45) is 0 Å². The van der Waals surface area contributed by atoms with E-state index >= 15 is 0 Å². The summed E-state index contributed by atoms with van der Waals surface area (Å²) in [6.45, 7) is -0.223. The summed E-state index contributed by atoms with van der Waals surface area (Å²) < 4.78 is 36.1. The van der Waals surface area contributed by atoms with Crippen LogP contribution in [-0.4, -0.2) is 24.5 Å². The van der Waals surface area contributed by atoms with Crippen LogP contribution in [0.3, 0.4) is 0 Å². The van der Waals surface area contributed by atoms with Crippen LogP contribution in [0.4, 0.5) is 13.2 Å². The molecule has 0 aliphatic heterocycles. The van der Waals surface area contributed by atoms with E-state index in [1.54, 1.807) is 0 Å². The van der Waals surface area contributed by atoms with Crippen LogP contribution in [0.25, 0.3) is 0 Å². The molecule has 0 heterocycles. The van der Waals surface area contributed by atoms with Crippen LogP contribution in [0.2, 0.25) is 0 Å². The fraction of sp³-hybridized carbons (Fsp3) is 0.833. The van der Waals surface area contributed by atoms with Crippen LogP contribution in [0.1, 0.15) is 12.8 Å². The van der Waals surface area contributed by atoms with Crippen LogP contribution in [0.5, 0.6) is 0 Å². The minimum Gasteiger partial charge on any atom is -0.302 e. The number of carbonyl (C=O) groups is 1. The van der Waals surface area contributed by atoms with Crippen molar-refractivity contribution in [1.29, 1.82) is 0 Å². The Labute approximate surface area is 61.8 Å². The molecule has 0 aromatic carbocycles. The highest BCUT2D eigenvalue weighted by atomic mass is 19.4. The second-order valence-electron chi connectivity index (χ2n) is 2.63. The minimum atomic E-state index is -4.21. The van der Waals surface area contributed by atoms with Crippen molar-refractivity contribution >= 4 is 6.29 Å². The van der Waals surface area contributed by atoms with Crippen LogP contribution < -0.4 is 5.32 Å². The largest absolute Gasteiger partial charge is 0.406 e. The number of alkyl halides is 3. The Balaban J connectivity index is 2.47. The van der Waals surface area contributed by atoms with E-state index in [0.29, 0.717) is 6.29 Å². The van der Waals surface area contributed by atoms with Crippen LogP contribution in [-0.2, 0) is 4.79 Å². The van der Waals surface area contributed by atoms with Crippen molar-refractivity contribution in [3.63, 3.8) is 0 Å². The molecule has 0 spiro atoms. The summed E-state index contributed by atoms with van der Waals surface area (Å²) in [6.07, 6.45) is -3.60. The molecular weight excluding hydrogens is 159 g/mol. The summed E-state index contributed by atoms with van der Waals surface area (Å²) in [4.78, 5) is 9.78. The third-order valence-corrected chi connectivity index (χ3v) is 1.82. The molecule has 0 radical (unpaired) electrons. The summed E-state index contributed by atoms with van der Waals surface area (Å²) in [5.41, 5.74) is -1.74. The molecule has 0 aromatic heterocycles. The lowest BCUT2D eigenvalue weighted by Crippen LogP contribution is -2.45. The molecule has 1 N–H and O–H groups in total. The van der Waals surface area contributed by atoms with Gasteiger partial charge >= 0.3 is 6.18 Å². The van der Waals surface area contributed by atoms with Crippen molar-refractivity contribution in [3.05, 3.63) is 0 Å². The molecule has 1 aliphatic rings. The van der Waals surface area contributed by atoms with Gasteiger partial charge in [-0.05, 0) is 12.8 Å². The highest BCUT2D eigenvalue weighted by Gasteiger charge is 2.62. The summed E-state index contributed by atoms with van der Waals surface area (Å²) >= 11 is 0. The molecule has 1 aliphatic carbocycles. The lowest BCUT2D eigenvalue weighted by atomic mass is 10.2. The van der Waals surface area contributed by atoms with E-state index in [4.69, 9.17) is 0 Å². The fourth-order valence-corrected chi connectivity index (χ4v) is 0.923. The third kappa shape index (κ3) is 1.53. The molecule has 5 heteroatoms. The van der Waals surface area contributed by atoms with Gasteiger partial charge < -0.3 is 4.79 Å². The summed E-state index contributed by atoms with van der Waals surface area (Å²) in [5.74, 6) is 0. The van der Waals surface area contributed by atoms with Gasteiger partial charge in [-0.25, -0.2) is 0 Å². The molecular formula is C6H8F3NO. The molecule has 2 nitrogen and oxygen atoms in total. The number of rotatable bonds is 3. The molecule has 0 bridgehead atoms. The van der Waals surface area contributed by atoms with Crippen LogP contribution in [0, 0.1) is 0 Å². The Hall–Kier alpha value is -0.580. The number of hydrogen-bond acceptors (Lipinski definition) is 2. The number of nitrogens with one attached hydrogen (secondary N) is 1. The zero-order chi connectivity index (χ0) is 8.54. The van der Waals surface area contributed by atoms with Crippen molar-refractivity contribution in [1.82, 2.24) is 5.32 Å². The first-order chi connectivity index (χ1) is 5.02. The predicted molar refractivity (Wildman–Crippen MR) is 32.1 cm³/mol. The Morgan fingerprint density at radius 3 is 2.27 bits per heavy atom. The molecule has 0 amide bonds. The van der Waals surface area contributed by atoms with E-state index in [0.717, 1.165) is 0 Å². The smallest absolute Gasteiger partial charge is 0.302 e. The van der Waals surface area contributed by atoms with E-state index in [1.165, 1.54) is 0 Å². The van der Waals surface area contributed by atoms with Gasteiger partial charge in [-0.3, -0.25) is 5.32 Å². The number of aldehydes is 1. The number of hydrogen-bond donors (Lipinski definition) is 1. The molecule has 64 valence electrons. The van der Waals surface area contributed by atoms with Gasteiger partial charge in [-0.15, -0.1) is 0 Å². The summed E-state index contributed by atoms with van der Waals surface area (Å²) in [7, 11) is 0. The second-order valence-corrected chi connectivity index (χ2v) is 2.63. The molecule has 0 aromatic rings. The monoisotopic (exact) mass is 167 g/mol. The highest BCUT2D eigenvalue weighted by molar-refractivity contribution is 5.52. The minimum absolute atomic E-state index is 0.0876. The maximum absolute atomic E-state index is 12.0. The van der Waals surface area contributed by atoms with E-state index in [-0.39, 0.29) is 19.4 Å². The fourth-order valence-electron chi connectivity index (χ4n) is 0.923. The molecule has 0 saturated heterocycles. The third-order valence-electron chi connectivity index (χ3n) is 1.82. The normalized spacial score (nSPS) is 21.4. The quantitative estimate of drug-likeness (QED) is 0.632. The molecule has 0 atom stereocenters. The Morgan fingerprint density at radius 1 is 1.45 bits per heavy atom. The highest BCUT2D eigenvalue weighted by Crippen LogP contribution is 2.48. The van der Waals surface area contributed by atoms with Crippen LogP contribution >= 0.6 is 0 Å². The first kappa shape index (κ1) is 8.52. The Kier molecular flexibility index (Phi) is 1.92. The van der Waals surface area contributed by atoms with Gasteiger partial charge in [0.05, 0.1) is 6.54 Å². The van der Waals surface area contributed by atoms with Crippen molar-refractivity contribution in [2.45, 2.75) is 24.6 Å². The maximum atomic E-state index is 12.0. The van der Waals surface area contributed by atoms with Gasteiger partial charge in [-0.1, -0.05) is 0 Å². The van der Waals surface area contributed by atoms with E-state index in [9.17, 15) is 18.0 Å². The van der Waals surface area contributed by atoms with E-state index < -0.39 is 11.7 Å². The van der Waals surface area contributed by atoms with Crippen molar-refractivity contribution < 1.29 is 18.0 Å². The van der Waals surface area contributed by atoms with Gasteiger partial charge in [0.2, 0.25) is 0 Å². The summed E-state index contributed by atoms with van der Waals surface area (Å²) in [5, 5.41) is 2.17. The lowest BCUT2D eigenvalue weighted by molar-refractivity contribution is -0.165. The average molecular weight is 167 g/mol. The van der Waals surface area contributed by atoms with Gasteiger partial charge in [0.15, 0.2) is 0 Å². The Morgan fingerprint density at radius 2 is 2.00 bits per heavy atom. The maximum Gasteiger partial charge on any atom is 0.406 e. The first-order valence-corrected chi connectivity index (χ1v) is 3.27. The van der Waals surface area contributed by atoms with Crippen molar-refractivity contribution in [2.75, 3.05) is 6.54 Å². The SMILES string of the molecule is O=CCNC1(C(F)(F)F)CC1. The van der Waals surface area contributed by atoms with Gasteiger partial charge in [0, 0.05) is 0 Å². The molecule has 1 fully saturated rings. The standard InChI is InChI=1S/C6H8F3NO/c7-6(8,9)5(1-2-5)10-3-4-11/h4,10H,1-3H2. The lowest BCUT2D eigenvalue weighted by Gasteiger charge is -2.18. The molecule has 0 unspecified atom stereocenters. The molecule has 1 saturated carbocycles. The van der Waals surface area contributed by atoms with E-state index in [2.05, 4.69) is 5.32 Å². The zero-order valence-electron chi connectivity index (χ0n) is 5.74. The molecule has 11 heavy (non-hydrogen) atoms. The number of halogens is 3. The summed E-state index contributed by atoms with van der Waals surface area (Å²) in [6, 6.07) is 0. The first-order valence-electron chi connectivity index (χ1n) is 3.27. The predicted octanol–water partition coefficient (Wildman–Crippen LogP) is 0.870. The Bertz CT molecular complexity index is 162. The topological polar surface area (TPSA) is 29.1 Å². The second kappa shape index (κ2) is 2.48. The zero-order valence-corrected chi connectivity index (χ0v) is 5.74. The van der Waals surface area contributed by atoms with Crippen molar-refractivity contribution in [3.8, 4) is 0 Å². The van der Waals surface area contributed by atoms with Gasteiger partial charge in [-0.2, -0.15) is 13.2 Å². The van der Waals surface area contributed by atoms with E-state index in [1.807, 2.05) is 0 Å². The molecule has 1 rings (SSSR count). The van der Waals surface area contributed by atoms with Gasteiger partial charge in [0.25, 0.3) is 0 Å². The average Bonchev–Trinajstić information content (AvgIpc) is 2.61. The van der Waals surface area contributed by atoms with Gasteiger partial charge in [0.1, 0.15) is 11.8 Å². The van der Waals surface area contributed by atoms with Crippen LogP contribution in [0.15, 0.2) is 0 Å².